The number of rotatable bonds is 6. The van der Waals surface area contributed by atoms with Crippen LogP contribution in [-0.4, -0.2) is 66.7 Å². The Hall–Kier alpha value is -0.849. The maximum absolute atomic E-state index is 9.72. The van der Waals surface area contributed by atoms with Gasteiger partial charge in [-0.2, -0.15) is 0 Å². The van der Waals surface area contributed by atoms with Crippen LogP contribution in [0.4, 0.5) is 0 Å². The number of carbonyl (C=O) groups is 4. The molecule has 2 unspecified atom stereocenters. The molecule has 0 saturated carbocycles. The molecule has 0 aromatic heterocycles. The first kappa shape index (κ1) is 23.3. The zero-order valence-corrected chi connectivity index (χ0v) is 12.6. The van der Waals surface area contributed by atoms with E-state index in [9.17, 15) is 19.2 Å². The second kappa shape index (κ2) is 12.2. The summed E-state index contributed by atoms with van der Waals surface area (Å²) in [6, 6.07) is 0. The van der Waals surface area contributed by atoms with Crippen molar-refractivity contribution in [1.82, 2.24) is 0 Å². The van der Waals surface area contributed by atoms with Gasteiger partial charge < -0.3 is 30.6 Å². The van der Waals surface area contributed by atoms with Crippen molar-refractivity contribution in [2.45, 2.75) is 25.0 Å². The molecule has 0 rings (SSSR count). The molecule has 108 valence electrons. The van der Waals surface area contributed by atoms with E-state index >= 15 is 0 Å². The van der Waals surface area contributed by atoms with E-state index in [1.807, 2.05) is 0 Å². The van der Waals surface area contributed by atoms with Crippen molar-refractivity contribution in [3.8, 4) is 0 Å². The third-order valence-corrected chi connectivity index (χ3v) is 1.31. The molecule has 2 atom stereocenters. The predicted octanol–water partition coefficient (Wildman–Crippen LogP) is -2.19. The number of hydrogen-bond acceptors (Lipinski definition) is 6. The van der Waals surface area contributed by atoms with Gasteiger partial charge in [0.1, 0.15) is 0 Å². The number of hydrogen-bond donors (Lipinski definition) is 6. The largest absolute Gasteiger partial charge is 0.481 e. The number of aliphatic hydroxyl groups is 2. The van der Waals surface area contributed by atoms with E-state index in [0.29, 0.717) is 0 Å². The summed E-state index contributed by atoms with van der Waals surface area (Å²) in [7, 11) is 0. The minimum absolute atomic E-state index is 0. The van der Waals surface area contributed by atoms with Crippen molar-refractivity contribution in [3.05, 3.63) is 0 Å². The number of carboxylic acids is 4. The van der Waals surface area contributed by atoms with Crippen LogP contribution in [0.1, 0.15) is 12.8 Å². The molecule has 6 N–H and O–H groups in total. The molecular weight excluding hydrogens is 400 g/mol. The minimum atomic E-state index is -1.79. The Morgan fingerprint density at radius 2 is 0.895 bits per heavy atom. The second-order valence-electron chi connectivity index (χ2n) is 2.90. The van der Waals surface area contributed by atoms with Gasteiger partial charge in [0.05, 0.1) is 12.8 Å². The third kappa shape index (κ3) is 17.2. The number of aliphatic hydroxyl groups excluding tert-OH is 2. The van der Waals surface area contributed by atoms with Gasteiger partial charge >= 0.3 is 23.9 Å². The zero-order valence-electron chi connectivity index (χ0n) is 9.39. The normalized spacial score (nSPS) is 11.9. The second-order valence-corrected chi connectivity index (χ2v) is 2.90. The van der Waals surface area contributed by atoms with Crippen LogP contribution >= 0.6 is 0 Å². The van der Waals surface area contributed by atoms with Crippen LogP contribution in [0.3, 0.4) is 0 Å². The minimum Gasteiger partial charge on any atom is -0.481 e. The van der Waals surface area contributed by atoms with Gasteiger partial charge in [-0.3, -0.25) is 9.59 Å². The molecule has 0 heterocycles. The van der Waals surface area contributed by atoms with Crippen molar-refractivity contribution in [1.29, 1.82) is 0 Å². The first-order valence-electron chi connectivity index (χ1n) is 4.33. The van der Waals surface area contributed by atoms with Gasteiger partial charge in [-0.1, -0.05) is 0 Å². The van der Waals surface area contributed by atoms with Crippen LogP contribution in [-0.2, 0) is 19.2 Å². The summed E-state index contributed by atoms with van der Waals surface area (Å²) < 4.78 is 0. The van der Waals surface area contributed by atoms with Gasteiger partial charge in [0.2, 0.25) is 0 Å². The monoisotopic (exact) mass is 410 g/mol. The Morgan fingerprint density at radius 1 is 0.684 bits per heavy atom. The van der Waals surface area contributed by atoms with Gasteiger partial charge in [0.25, 0.3) is 0 Å². The summed E-state index contributed by atoms with van der Waals surface area (Å²) in [6.07, 6.45) is -5.09. The Labute approximate surface area is 139 Å². The molecule has 0 aromatic rings. The smallest absolute Gasteiger partial charge is 0.333 e. The zero-order chi connectivity index (χ0) is 14.9. The van der Waals surface area contributed by atoms with Crippen LogP contribution in [0.2, 0.25) is 0 Å². The van der Waals surface area contributed by atoms with Gasteiger partial charge in [-0.25, -0.2) is 9.59 Å². The van der Waals surface area contributed by atoms with Crippen molar-refractivity contribution in [2.75, 3.05) is 0 Å². The summed E-state index contributed by atoms with van der Waals surface area (Å²) in [5.74, 6) is -5.69. The Morgan fingerprint density at radius 3 is 0.947 bits per heavy atom. The van der Waals surface area contributed by atoms with E-state index in [-0.39, 0.29) is 40.8 Å². The molecule has 11 heteroatoms. The summed E-state index contributed by atoms with van der Waals surface area (Å²) in [4.78, 5) is 38.8. The quantitative estimate of drug-likeness (QED) is 0.279. The van der Waals surface area contributed by atoms with Gasteiger partial charge in [-0.15, -0.1) is 0 Å². The third-order valence-electron chi connectivity index (χ3n) is 1.31. The molecule has 10 nitrogen and oxygen atoms in total. The van der Waals surface area contributed by atoms with Crippen molar-refractivity contribution >= 4 is 23.9 Å². The molecular formula is C8H12NdO10. The summed E-state index contributed by atoms with van der Waals surface area (Å²) in [5, 5.41) is 48.3. The average molecular weight is 412 g/mol. The molecule has 0 aliphatic carbocycles. The number of carboxylic acid groups (broad SMARTS) is 4. The summed E-state index contributed by atoms with van der Waals surface area (Å²) in [6.45, 7) is 0. The molecule has 0 fully saturated rings. The summed E-state index contributed by atoms with van der Waals surface area (Å²) in [5.41, 5.74) is 0. The van der Waals surface area contributed by atoms with Gasteiger partial charge in [0.15, 0.2) is 12.2 Å². The van der Waals surface area contributed by atoms with Crippen LogP contribution in [0.25, 0.3) is 0 Å². The first-order valence-corrected chi connectivity index (χ1v) is 4.33. The van der Waals surface area contributed by atoms with Crippen LogP contribution < -0.4 is 0 Å². The molecule has 0 spiro atoms. The molecule has 0 aliphatic heterocycles. The van der Waals surface area contributed by atoms with Crippen LogP contribution in [0.5, 0.6) is 0 Å². The molecule has 0 radical (unpaired) electrons. The molecule has 0 amide bonds. The maximum atomic E-state index is 9.72. The predicted molar refractivity (Wildman–Crippen MR) is 51.8 cm³/mol. The average Bonchev–Trinajstić information content (AvgIpc) is 2.16. The molecule has 0 aliphatic rings. The summed E-state index contributed by atoms with van der Waals surface area (Å²) >= 11 is 0. The van der Waals surface area contributed by atoms with Gasteiger partial charge in [0, 0.05) is 40.8 Å². The van der Waals surface area contributed by atoms with Gasteiger partial charge in [-0.05, 0) is 0 Å². The first-order chi connectivity index (χ1) is 8.07. The van der Waals surface area contributed by atoms with E-state index in [2.05, 4.69) is 0 Å². The van der Waals surface area contributed by atoms with E-state index in [1.54, 1.807) is 0 Å². The standard InChI is InChI=1S/2C4H6O5.Nd/c2*5-2(4(8)9)1-3(6)7;/h2*2,5H,1H2,(H,6,7)(H,8,9);. The SMILES string of the molecule is O=C(O)CC(O)C(=O)O.O=C(O)CC(O)C(=O)O.[Nd]. The van der Waals surface area contributed by atoms with Crippen molar-refractivity contribution in [3.63, 3.8) is 0 Å². The fraction of sp³-hybridized carbons (Fsp3) is 0.500. The molecule has 19 heavy (non-hydrogen) atoms. The fourth-order valence-corrected chi connectivity index (χ4v) is 0.505. The van der Waals surface area contributed by atoms with E-state index < -0.39 is 48.9 Å². The van der Waals surface area contributed by atoms with E-state index in [1.165, 1.54) is 0 Å². The molecule has 0 bridgehead atoms. The number of aliphatic carboxylic acids is 4. The fourth-order valence-electron chi connectivity index (χ4n) is 0.505. The van der Waals surface area contributed by atoms with Crippen LogP contribution in [0, 0.1) is 40.8 Å². The van der Waals surface area contributed by atoms with Crippen molar-refractivity contribution in [2.24, 2.45) is 0 Å². The topological polar surface area (TPSA) is 190 Å². The maximum Gasteiger partial charge on any atom is 0.333 e. The Kier molecular flexibility index (Phi) is 14.9. The van der Waals surface area contributed by atoms with Crippen LogP contribution in [0.15, 0.2) is 0 Å². The Balaban J connectivity index is -0.000000256. The van der Waals surface area contributed by atoms with Crippen molar-refractivity contribution < 1.29 is 90.7 Å². The van der Waals surface area contributed by atoms with E-state index in [4.69, 9.17) is 30.6 Å². The Bertz CT molecular complexity index is 295. The van der Waals surface area contributed by atoms with E-state index in [0.717, 1.165) is 0 Å². The molecule has 0 aromatic carbocycles. The molecule has 0 saturated heterocycles.